The van der Waals surface area contributed by atoms with Gasteiger partial charge >= 0.3 is 0 Å². The molecule has 2 N–H and O–H groups in total. The second-order valence-corrected chi connectivity index (χ2v) is 5.20. The van der Waals surface area contributed by atoms with E-state index in [0.29, 0.717) is 6.10 Å². The van der Waals surface area contributed by atoms with Gasteiger partial charge in [0.25, 0.3) is 0 Å². The highest BCUT2D eigenvalue weighted by atomic mass is 16.5. The fourth-order valence-corrected chi connectivity index (χ4v) is 2.74. The van der Waals surface area contributed by atoms with Gasteiger partial charge < -0.3 is 10.5 Å². The fraction of sp³-hybridized carbons (Fsp3) is 0.667. The monoisotopic (exact) mass is 263 g/mol. The van der Waals surface area contributed by atoms with Gasteiger partial charge in [0.15, 0.2) is 0 Å². The Hall–Kier alpha value is -0.970. The van der Waals surface area contributed by atoms with Gasteiger partial charge in [-0.2, -0.15) is 0 Å². The number of rotatable bonds is 5. The molecule has 0 radical (unpaired) electrons. The van der Waals surface area contributed by atoms with E-state index in [-0.39, 0.29) is 12.1 Å². The predicted octanol–water partition coefficient (Wildman–Crippen LogP) is 1.97. The molecule has 4 heteroatoms. The Morgan fingerprint density at radius 3 is 3.00 bits per heavy atom. The van der Waals surface area contributed by atoms with E-state index in [4.69, 9.17) is 10.5 Å². The van der Waals surface area contributed by atoms with Crippen LogP contribution in [-0.2, 0) is 4.74 Å². The molecule has 2 rings (SSSR count). The molecular formula is C15H25N3O. The highest BCUT2D eigenvalue weighted by Crippen LogP contribution is 2.26. The van der Waals surface area contributed by atoms with Gasteiger partial charge in [-0.05, 0) is 24.5 Å². The molecule has 0 aliphatic carbocycles. The maximum atomic E-state index is 6.36. The van der Waals surface area contributed by atoms with Gasteiger partial charge in [0.2, 0.25) is 0 Å². The molecule has 0 saturated carbocycles. The number of aromatic nitrogens is 1. The molecular weight excluding hydrogens is 238 g/mol. The van der Waals surface area contributed by atoms with E-state index in [1.807, 2.05) is 18.5 Å². The Balaban J connectivity index is 2.18. The molecule has 1 aliphatic heterocycles. The molecule has 1 saturated heterocycles. The van der Waals surface area contributed by atoms with Crippen LogP contribution in [0.15, 0.2) is 24.5 Å². The van der Waals surface area contributed by atoms with Gasteiger partial charge in [0, 0.05) is 31.5 Å². The number of hydrogen-bond acceptors (Lipinski definition) is 4. The second kappa shape index (κ2) is 6.98. The molecule has 106 valence electrons. The summed E-state index contributed by atoms with van der Waals surface area (Å²) in [5, 5.41) is 0. The molecule has 3 unspecified atom stereocenters. The zero-order valence-corrected chi connectivity index (χ0v) is 12.0. The number of nitrogens with zero attached hydrogens (tertiary/aromatic N) is 2. The highest BCUT2D eigenvalue weighted by molar-refractivity contribution is 5.16. The molecule has 3 atom stereocenters. The number of morpholine rings is 1. The minimum Gasteiger partial charge on any atom is -0.376 e. The Morgan fingerprint density at radius 1 is 1.53 bits per heavy atom. The van der Waals surface area contributed by atoms with Gasteiger partial charge in [-0.25, -0.2) is 0 Å². The van der Waals surface area contributed by atoms with Gasteiger partial charge in [0.1, 0.15) is 0 Å². The maximum absolute atomic E-state index is 6.36. The lowest BCUT2D eigenvalue weighted by molar-refractivity contribution is -0.0487. The number of ether oxygens (including phenoxy) is 1. The lowest BCUT2D eigenvalue weighted by Gasteiger charge is -2.40. The third-order valence-corrected chi connectivity index (χ3v) is 3.92. The minimum atomic E-state index is 0.139. The summed E-state index contributed by atoms with van der Waals surface area (Å²) in [7, 11) is 0. The first-order valence-corrected chi connectivity index (χ1v) is 7.27. The molecule has 4 nitrogen and oxygen atoms in total. The zero-order chi connectivity index (χ0) is 13.7. The van der Waals surface area contributed by atoms with Crippen molar-refractivity contribution < 1.29 is 4.74 Å². The summed E-state index contributed by atoms with van der Waals surface area (Å²) in [6, 6.07) is 4.50. The summed E-state index contributed by atoms with van der Waals surface area (Å²) in [5.41, 5.74) is 7.57. The summed E-state index contributed by atoms with van der Waals surface area (Å²) in [6.07, 6.45) is 6.10. The second-order valence-electron chi connectivity index (χ2n) is 5.20. The van der Waals surface area contributed by atoms with Crippen LogP contribution < -0.4 is 5.73 Å². The van der Waals surface area contributed by atoms with E-state index < -0.39 is 0 Å². The molecule has 1 aromatic heterocycles. The van der Waals surface area contributed by atoms with Crippen LogP contribution in [0, 0.1) is 0 Å². The van der Waals surface area contributed by atoms with Crippen LogP contribution in [0.2, 0.25) is 0 Å². The van der Waals surface area contributed by atoms with Crippen molar-refractivity contribution in [2.24, 2.45) is 5.73 Å². The molecule has 0 aromatic carbocycles. The minimum absolute atomic E-state index is 0.139. The summed E-state index contributed by atoms with van der Waals surface area (Å²) in [6.45, 7) is 7.03. The molecule has 1 aliphatic rings. The van der Waals surface area contributed by atoms with Crippen molar-refractivity contribution in [2.45, 2.75) is 44.9 Å². The first kappa shape index (κ1) is 14.4. The maximum Gasteiger partial charge on any atom is 0.0700 e. The van der Waals surface area contributed by atoms with Crippen LogP contribution in [0.1, 0.15) is 38.3 Å². The van der Waals surface area contributed by atoms with Gasteiger partial charge in [0.05, 0.1) is 18.8 Å². The molecule has 0 amide bonds. The van der Waals surface area contributed by atoms with Crippen LogP contribution in [0.25, 0.3) is 0 Å². The summed E-state index contributed by atoms with van der Waals surface area (Å²) in [4.78, 5) is 6.70. The van der Waals surface area contributed by atoms with Crippen molar-refractivity contribution in [3.63, 3.8) is 0 Å². The van der Waals surface area contributed by atoms with Gasteiger partial charge in [-0.1, -0.05) is 19.9 Å². The van der Waals surface area contributed by atoms with E-state index in [1.165, 1.54) is 5.56 Å². The average molecular weight is 263 g/mol. The van der Waals surface area contributed by atoms with Crippen LogP contribution in [-0.4, -0.2) is 41.7 Å². The van der Waals surface area contributed by atoms with Gasteiger partial charge in [-0.15, -0.1) is 0 Å². The third-order valence-electron chi connectivity index (χ3n) is 3.92. The lowest BCUT2D eigenvalue weighted by atomic mass is 9.96. The van der Waals surface area contributed by atoms with Crippen LogP contribution >= 0.6 is 0 Å². The van der Waals surface area contributed by atoms with E-state index in [0.717, 1.165) is 32.5 Å². The largest absolute Gasteiger partial charge is 0.376 e. The van der Waals surface area contributed by atoms with Crippen LogP contribution in [0.5, 0.6) is 0 Å². The summed E-state index contributed by atoms with van der Waals surface area (Å²) in [5.74, 6) is 0. The van der Waals surface area contributed by atoms with Crippen molar-refractivity contribution in [1.29, 1.82) is 0 Å². The number of nitrogens with two attached hydrogens (primary N) is 1. The average Bonchev–Trinajstić information content (AvgIpc) is 2.48. The molecule has 19 heavy (non-hydrogen) atoms. The Kier molecular flexibility index (Phi) is 5.31. The lowest BCUT2D eigenvalue weighted by Crippen LogP contribution is -2.49. The first-order chi connectivity index (χ1) is 9.26. The Labute approximate surface area is 116 Å². The van der Waals surface area contributed by atoms with Gasteiger partial charge in [-0.3, -0.25) is 9.88 Å². The van der Waals surface area contributed by atoms with Crippen molar-refractivity contribution in [3.05, 3.63) is 30.1 Å². The molecule has 0 bridgehead atoms. The normalized spacial score (nSPS) is 24.1. The first-order valence-electron chi connectivity index (χ1n) is 7.27. The number of pyridine rings is 1. The molecule has 1 aromatic rings. The smallest absolute Gasteiger partial charge is 0.0700 e. The predicted molar refractivity (Wildman–Crippen MR) is 76.8 cm³/mol. The fourth-order valence-electron chi connectivity index (χ4n) is 2.74. The summed E-state index contributed by atoms with van der Waals surface area (Å²) >= 11 is 0. The van der Waals surface area contributed by atoms with Crippen LogP contribution in [0.3, 0.4) is 0 Å². The van der Waals surface area contributed by atoms with E-state index in [9.17, 15) is 0 Å². The van der Waals surface area contributed by atoms with Crippen molar-refractivity contribution in [1.82, 2.24) is 9.88 Å². The molecule has 1 fully saturated rings. The zero-order valence-electron chi connectivity index (χ0n) is 12.0. The highest BCUT2D eigenvalue weighted by Gasteiger charge is 2.30. The van der Waals surface area contributed by atoms with E-state index >= 15 is 0 Å². The van der Waals surface area contributed by atoms with Crippen LogP contribution in [0.4, 0.5) is 0 Å². The van der Waals surface area contributed by atoms with Crippen molar-refractivity contribution >= 4 is 0 Å². The van der Waals surface area contributed by atoms with Crippen molar-refractivity contribution in [3.8, 4) is 0 Å². The Morgan fingerprint density at radius 2 is 2.37 bits per heavy atom. The van der Waals surface area contributed by atoms with E-state index in [2.05, 4.69) is 29.8 Å². The Bertz CT molecular complexity index is 371. The quantitative estimate of drug-likeness (QED) is 0.882. The van der Waals surface area contributed by atoms with E-state index in [1.54, 1.807) is 0 Å². The van der Waals surface area contributed by atoms with Crippen molar-refractivity contribution in [2.75, 3.05) is 19.7 Å². The topological polar surface area (TPSA) is 51.4 Å². The molecule has 0 spiro atoms. The third kappa shape index (κ3) is 3.53. The summed E-state index contributed by atoms with van der Waals surface area (Å²) < 4.78 is 5.76. The molecule has 2 heterocycles. The number of hydrogen-bond donors (Lipinski definition) is 1. The SMILES string of the molecule is CCC1CN(C(c2cccnc2)C(N)CC)CCO1. The standard InChI is InChI=1S/C15H25N3O/c1-3-13-11-18(8-9-19-13)15(14(16)4-2)12-6-5-7-17-10-12/h5-7,10,13-15H,3-4,8-9,11,16H2,1-2H3.